The number of benzene rings is 5. The Bertz CT molecular complexity index is 1410. The van der Waals surface area contributed by atoms with Gasteiger partial charge in [0.05, 0.1) is 0 Å². The van der Waals surface area contributed by atoms with E-state index >= 15 is 0 Å². The zero-order chi connectivity index (χ0) is 23.9. The molecule has 0 saturated heterocycles. The highest BCUT2D eigenvalue weighted by Crippen LogP contribution is 2.36. The third-order valence-electron chi connectivity index (χ3n) is 5.77. The maximum atomic E-state index is 13.1. The normalized spacial score (nSPS) is 10.5. The van der Waals surface area contributed by atoms with Crippen LogP contribution in [-0.4, -0.2) is 6.16 Å². The molecule has 0 aromatic heterocycles. The second kappa shape index (κ2) is 10.5. The summed E-state index contributed by atoms with van der Waals surface area (Å²) >= 11 is 0. The van der Waals surface area contributed by atoms with E-state index in [2.05, 4.69) is 12.1 Å². The molecule has 0 aliphatic carbocycles. The molecule has 0 aliphatic heterocycles. The minimum atomic E-state index is -0.772. The smallest absolute Gasteiger partial charge is 0.394 e. The van der Waals surface area contributed by atoms with Gasteiger partial charge in [-0.3, -0.25) is 0 Å². The SMILES string of the molecule is O=C(Oc1ccccc1-c1ccccc1)Oc1c(Cc2ccccc2)cccc1-c1ccccc1. The topological polar surface area (TPSA) is 35.5 Å². The molecule has 0 unspecified atom stereocenters. The van der Waals surface area contributed by atoms with E-state index < -0.39 is 6.16 Å². The van der Waals surface area contributed by atoms with Gasteiger partial charge in [0.15, 0.2) is 0 Å². The van der Waals surface area contributed by atoms with Crippen molar-refractivity contribution in [3.05, 3.63) is 145 Å². The van der Waals surface area contributed by atoms with Crippen molar-refractivity contribution in [3.8, 4) is 33.8 Å². The molecule has 35 heavy (non-hydrogen) atoms. The molecule has 3 heteroatoms. The largest absolute Gasteiger partial charge is 0.519 e. The number of carbonyl (C=O) groups is 1. The zero-order valence-corrected chi connectivity index (χ0v) is 19.1. The molecule has 0 fully saturated rings. The molecule has 0 bridgehead atoms. The fourth-order valence-corrected chi connectivity index (χ4v) is 4.11. The Kier molecular flexibility index (Phi) is 6.67. The zero-order valence-electron chi connectivity index (χ0n) is 19.1. The fraction of sp³-hybridized carbons (Fsp3) is 0.0312. The van der Waals surface area contributed by atoms with Crippen molar-refractivity contribution in [2.45, 2.75) is 6.42 Å². The van der Waals surface area contributed by atoms with Gasteiger partial charge >= 0.3 is 6.16 Å². The van der Waals surface area contributed by atoms with Crippen molar-refractivity contribution in [1.29, 1.82) is 0 Å². The van der Waals surface area contributed by atoms with E-state index in [-0.39, 0.29) is 0 Å². The van der Waals surface area contributed by atoms with Crippen molar-refractivity contribution in [2.24, 2.45) is 0 Å². The van der Waals surface area contributed by atoms with E-state index in [4.69, 9.17) is 9.47 Å². The fourth-order valence-electron chi connectivity index (χ4n) is 4.11. The number of rotatable bonds is 6. The van der Waals surface area contributed by atoms with Crippen molar-refractivity contribution in [1.82, 2.24) is 0 Å². The number of para-hydroxylation sites is 2. The molecule has 0 amide bonds. The van der Waals surface area contributed by atoms with Crippen LogP contribution in [0, 0.1) is 0 Å². The molecule has 5 aromatic rings. The number of hydrogen-bond donors (Lipinski definition) is 0. The van der Waals surface area contributed by atoms with Crippen LogP contribution < -0.4 is 9.47 Å². The van der Waals surface area contributed by atoms with Crippen molar-refractivity contribution >= 4 is 6.16 Å². The third-order valence-corrected chi connectivity index (χ3v) is 5.77. The Labute approximate surface area is 205 Å². The van der Waals surface area contributed by atoms with E-state index in [9.17, 15) is 4.79 Å². The van der Waals surface area contributed by atoms with Gasteiger partial charge < -0.3 is 9.47 Å². The molecule has 0 saturated carbocycles. The van der Waals surface area contributed by atoms with E-state index in [0.29, 0.717) is 17.9 Å². The highest BCUT2D eigenvalue weighted by Gasteiger charge is 2.18. The minimum absolute atomic E-state index is 0.450. The summed E-state index contributed by atoms with van der Waals surface area (Å²) in [5.41, 5.74) is 5.63. The lowest BCUT2D eigenvalue weighted by Gasteiger charge is -2.16. The first-order chi connectivity index (χ1) is 17.3. The summed E-state index contributed by atoms with van der Waals surface area (Å²) in [5, 5.41) is 0. The van der Waals surface area contributed by atoms with Crippen LogP contribution in [0.3, 0.4) is 0 Å². The van der Waals surface area contributed by atoms with Gasteiger partial charge in [-0.15, -0.1) is 0 Å². The van der Waals surface area contributed by atoms with Crippen molar-refractivity contribution in [2.75, 3.05) is 0 Å². The Morgan fingerprint density at radius 1 is 0.514 bits per heavy atom. The first-order valence-electron chi connectivity index (χ1n) is 11.5. The first-order valence-corrected chi connectivity index (χ1v) is 11.5. The molecule has 0 spiro atoms. The molecular weight excluding hydrogens is 432 g/mol. The van der Waals surface area contributed by atoms with Crippen LogP contribution in [0.4, 0.5) is 4.79 Å². The van der Waals surface area contributed by atoms with Crippen LogP contribution in [0.2, 0.25) is 0 Å². The van der Waals surface area contributed by atoms with E-state index in [0.717, 1.165) is 33.4 Å². The Morgan fingerprint density at radius 2 is 1.06 bits per heavy atom. The van der Waals surface area contributed by atoms with Crippen LogP contribution in [0.25, 0.3) is 22.3 Å². The predicted octanol–water partition coefficient (Wildman–Crippen LogP) is 8.19. The Morgan fingerprint density at radius 3 is 1.74 bits per heavy atom. The first kappa shape index (κ1) is 22.2. The summed E-state index contributed by atoms with van der Waals surface area (Å²) in [6.45, 7) is 0. The van der Waals surface area contributed by atoms with E-state index in [1.54, 1.807) is 6.07 Å². The van der Waals surface area contributed by atoms with Crippen LogP contribution in [0.1, 0.15) is 11.1 Å². The molecule has 0 heterocycles. The van der Waals surface area contributed by atoms with Gasteiger partial charge in [0.25, 0.3) is 0 Å². The van der Waals surface area contributed by atoms with Gasteiger partial charge in [-0.25, -0.2) is 4.79 Å². The van der Waals surface area contributed by atoms with Gasteiger partial charge in [0.2, 0.25) is 0 Å². The quantitative estimate of drug-likeness (QED) is 0.191. The Balaban J connectivity index is 1.48. The van der Waals surface area contributed by atoms with Gasteiger partial charge in [-0.1, -0.05) is 127 Å². The van der Waals surface area contributed by atoms with Crippen LogP contribution in [0.15, 0.2) is 133 Å². The summed E-state index contributed by atoms with van der Waals surface area (Å²) in [6, 6.07) is 43.3. The lowest BCUT2D eigenvalue weighted by molar-refractivity contribution is 0.152. The summed E-state index contributed by atoms with van der Waals surface area (Å²) in [4.78, 5) is 13.1. The van der Waals surface area contributed by atoms with E-state index in [1.165, 1.54) is 0 Å². The van der Waals surface area contributed by atoms with Gasteiger partial charge in [0.1, 0.15) is 11.5 Å². The highest BCUT2D eigenvalue weighted by molar-refractivity contribution is 5.79. The summed E-state index contributed by atoms with van der Waals surface area (Å²) in [6.07, 6.45) is -0.142. The molecule has 0 aliphatic rings. The average molecular weight is 457 g/mol. The van der Waals surface area contributed by atoms with E-state index in [1.807, 2.05) is 115 Å². The molecule has 5 aromatic carbocycles. The summed E-state index contributed by atoms with van der Waals surface area (Å²) in [5.74, 6) is 0.954. The Hall–Kier alpha value is -4.63. The standard InChI is InChI=1S/C32H24O3/c33-32(34-30-22-11-10-20-28(30)25-15-6-2-7-16-25)35-31-27(23-24-13-4-1-5-14-24)19-12-21-29(31)26-17-8-3-9-18-26/h1-22H,23H2. The monoisotopic (exact) mass is 456 g/mol. The molecule has 0 radical (unpaired) electrons. The van der Waals surface area contributed by atoms with Gasteiger partial charge in [0, 0.05) is 23.1 Å². The van der Waals surface area contributed by atoms with Crippen LogP contribution >= 0.6 is 0 Å². The second-order valence-electron chi connectivity index (χ2n) is 8.14. The van der Waals surface area contributed by atoms with Crippen molar-refractivity contribution in [3.63, 3.8) is 0 Å². The lowest BCUT2D eigenvalue weighted by atomic mass is 9.97. The minimum Gasteiger partial charge on any atom is -0.394 e. The second-order valence-corrected chi connectivity index (χ2v) is 8.14. The number of carbonyl (C=O) groups excluding carboxylic acids is 1. The maximum absolute atomic E-state index is 13.1. The number of ether oxygens (including phenoxy) is 2. The summed E-state index contributed by atoms with van der Waals surface area (Å²) in [7, 11) is 0. The average Bonchev–Trinajstić information content (AvgIpc) is 2.91. The molecule has 0 N–H and O–H groups in total. The maximum Gasteiger partial charge on any atom is 0.519 e. The summed E-state index contributed by atoms with van der Waals surface area (Å²) < 4.78 is 11.7. The number of hydrogen-bond acceptors (Lipinski definition) is 3. The third kappa shape index (κ3) is 5.31. The molecule has 170 valence electrons. The van der Waals surface area contributed by atoms with Crippen molar-refractivity contribution < 1.29 is 14.3 Å². The highest BCUT2D eigenvalue weighted by atomic mass is 16.7. The molecule has 0 atom stereocenters. The molecule has 5 rings (SSSR count). The van der Waals surface area contributed by atoms with Gasteiger partial charge in [-0.05, 0) is 22.8 Å². The van der Waals surface area contributed by atoms with Crippen LogP contribution in [-0.2, 0) is 6.42 Å². The van der Waals surface area contributed by atoms with Gasteiger partial charge in [-0.2, -0.15) is 0 Å². The van der Waals surface area contributed by atoms with Crippen LogP contribution in [0.5, 0.6) is 11.5 Å². The molecule has 3 nitrogen and oxygen atoms in total. The molecular formula is C32H24O3. The lowest BCUT2D eigenvalue weighted by Crippen LogP contribution is -2.16. The predicted molar refractivity (Wildman–Crippen MR) is 140 cm³/mol.